The van der Waals surface area contributed by atoms with Crippen LogP contribution in [0.25, 0.3) is 10.2 Å². The lowest BCUT2D eigenvalue weighted by atomic mass is 9.90. The first-order valence-corrected chi connectivity index (χ1v) is 8.70. The molecular weight excluding hydrogens is 357 g/mol. The standard InChI is InChI=1S/C18H14FN3O3S/c1-25-10-3-5-13-15(7-10)26-18(21-13)22-17(24)12-8-16(23)20-14-6-9(19)2-4-11(12)14/h2-7,12H,8H2,1H3,(H,20,23)(H,21,22,24). The summed E-state index contributed by atoms with van der Waals surface area (Å²) in [6, 6.07) is 9.47. The van der Waals surface area contributed by atoms with Crippen molar-refractivity contribution < 1.29 is 18.7 Å². The second kappa shape index (κ2) is 6.38. The van der Waals surface area contributed by atoms with E-state index >= 15 is 0 Å². The lowest BCUT2D eigenvalue weighted by Crippen LogP contribution is -2.30. The zero-order valence-corrected chi connectivity index (χ0v) is 14.5. The number of benzene rings is 2. The Morgan fingerprint density at radius 2 is 2.19 bits per heavy atom. The smallest absolute Gasteiger partial charge is 0.234 e. The fourth-order valence-corrected chi connectivity index (χ4v) is 3.85. The van der Waals surface area contributed by atoms with E-state index in [1.807, 2.05) is 12.1 Å². The van der Waals surface area contributed by atoms with Gasteiger partial charge in [-0.1, -0.05) is 17.4 Å². The van der Waals surface area contributed by atoms with Gasteiger partial charge in [0.15, 0.2) is 5.13 Å². The summed E-state index contributed by atoms with van der Waals surface area (Å²) in [6.07, 6.45) is 0.00316. The molecule has 0 saturated carbocycles. The molecule has 1 aliphatic heterocycles. The Hall–Kier alpha value is -3.00. The van der Waals surface area contributed by atoms with Crippen molar-refractivity contribution in [2.75, 3.05) is 17.7 Å². The number of aromatic nitrogens is 1. The van der Waals surface area contributed by atoms with E-state index in [0.29, 0.717) is 22.1 Å². The zero-order chi connectivity index (χ0) is 18.3. The van der Waals surface area contributed by atoms with Gasteiger partial charge < -0.3 is 15.4 Å². The first kappa shape index (κ1) is 16.5. The molecule has 0 bridgehead atoms. The number of amides is 2. The van der Waals surface area contributed by atoms with Gasteiger partial charge in [-0.05, 0) is 35.9 Å². The predicted molar refractivity (Wildman–Crippen MR) is 97.2 cm³/mol. The molecule has 1 aromatic heterocycles. The molecule has 0 saturated heterocycles. The second-order valence-electron chi connectivity index (χ2n) is 5.88. The van der Waals surface area contributed by atoms with E-state index < -0.39 is 11.7 Å². The van der Waals surface area contributed by atoms with Crippen LogP contribution in [0, 0.1) is 5.82 Å². The summed E-state index contributed by atoms with van der Waals surface area (Å²) in [5.74, 6) is -1.12. The molecule has 0 aliphatic carbocycles. The fraction of sp³-hybridized carbons (Fsp3) is 0.167. The SMILES string of the molecule is COc1ccc2nc(NC(=O)C3CC(=O)Nc4cc(F)ccc43)sc2c1. The summed E-state index contributed by atoms with van der Waals surface area (Å²) in [6.45, 7) is 0. The summed E-state index contributed by atoms with van der Waals surface area (Å²) in [5.41, 5.74) is 1.66. The Morgan fingerprint density at radius 1 is 1.35 bits per heavy atom. The molecule has 3 aromatic rings. The number of anilines is 2. The van der Waals surface area contributed by atoms with Crippen molar-refractivity contribution in [2.24, 2.45) is 0 Å². The van der Waals surface area contributed by atoms with Crippen LogP contribution in [0.1, 0.15) is 17.9 Å². The number of carbonyl (C=O) groups excluding carboxylic acids is 2. The molecule has 0 fully saturated rings. The fourth-order valence-electron chi connectivity index (χ4n) is 2.95. The Balaban J connectivity index is 1.61. The lowest BCUT2D eigenvalue weighted by molar-refractivity contribution is -0.123. The topological polar surface area (TPSA) is 80.3 Å². The van der Waals surface area contributed by atoms with Crippen molar-refractivity contribution in [1.29, 1.82) is 0 Å². The minimum absolute atomic E-state index is 0.00316. The van der Waals surface area contributed by atoms with Crippen LogP contribution in [0.5, 0.6) is 5.75 Å². The third-order valence-electron chi connectivity index (χ3n) is 4.20. The van der Waals surface area contributed by atoms with Gasteiger partial charge in [0, 0.05) is 12.1 Å². The van der Waals surface area contributed by atoms with Crippen molar-refractivity contribution in [3.8, 4) is 5.75 Å². The first-order chi connectivity index (χ1) is 12.5. The van der Waals surface area contributed by atoms with Crippen LogP contribution in [-0.2, 0) is 9.59 Å². The number of nitrogens with zero attached hydrogens (tertiary/aromatic N) is 1. The monoisotopic (exact) mass is 371 g/mol. The molecule has 8 heteroatoms. The summed E-state index contributed by atoms with van der Waals surface area (Å²) in [7, 11) is 1.58. The molecule has 1 aliphatic rings. The number of fused-ring (bicyclic) bond motifs is 2. The highest BCUT2D eigenvalue weighted by Crippen LogP contribution is 2.35. The van der Waals surface area contributed by atoms with Gasteiger partial charge in [-0.15, -0.1) is 0 Å². The van der Waals surface area contributed by atoms with Crippen LogP contribution < -0.4 is 15.4 Å². The molecule has 2 amide bonds. The van der Waals surface area contributed by atoms with Crippen molar-refractivity contribution in [1.82, 2.24) is 4.98 Å². The van der Waals surface area contributed by atoms with Crippen molar-refractivity contribution in [2.45, 2.75) is 12.3 Å². The van der Waals surface area contributed by atoms with Gasteiger partial charge in [-0.3, -0.25) is 9.59 Å². The molecule has 2 N–H and O–H groups in total. The molecule has 1 atom stereocenters. The molecule has 1 unspecified atom stereocenters. The van der Waals surface area contributed by atoms with Gasteiger partial charge in [0.2, 0.25) is 11.8 Å². The molecule has 0 radical (unpaired) electrons. The van der Waals surface area contributed by atoms with Gasteiger partial charge in [0.05, 0.1) is 23.2 Å². The molecule has 26 heavy (non-hydrogen) atoms. The Kier molecular flexibility index (Phi) is 4.04. The van der Waals surface area contributed by atoms with E-state index in [2.05, 4.69) is 15.6 Å². The third-order valence-corrected chi connectivity index (χ3v) is 5.13. The van der Waals surface area contributed by atoms with Gasteiger partial charge in [-0.25, -0.2) is 9.37 Å². The number of rotatable bonds is 3. The van der Waals surface area contributed by atoms with E-state index in [4.69, 9.17) is 4.74 Å². The highest BCUT2D eigenvalue weighted by molar-refractivity contribution is 7.22. The maximum absolute atomic E-state index is 13.4. The van der Waals surface area contributed by atoms with Crippen LogP contribution in [0.4, 0.5) is 15.2 Å². The molecule has 2 aromatic carbocycles. The molecule has 4 rings (SSSR count). The minimum atomic E-state index is -0.694. The Morgan fingerprint density at radius 3 is 3.00 bits per heavy atom. The van der Waals surface area contributed by atoms with E-state index in [1.54, 1.807) is 13.2 Å². The average molecular weight is 371 g/mol. The summed E-state index contributed by atoms with van der Waals surface area (Å²) in [5, 5.41) is 5.80. The number of ether oxygens (including phenoxy) is 1. The number of thiazole rings is 1. The quantitative estimate of drug-likeness (QED) is 0.738. The molecule has 0 spiro atoms. The minimum Gasteiger partial charge on any atom is -0.497 e. The van der Waals surface area contributed by atoms with Crippen LogP contribution in [0.2, 0.25) is 0 Å². The van der Waals surface area contributed by atoms with E-state index in [0.717, 1.165) is 10.2 Å². The number of nitrogens with one attached hydrogen (secondary N) is 2. The second-order valence-corrected chi connectivity index (χ2v) is 6.91. The summed E-state index contributed by atoms with van der Waals surface area (Å²) in [4.78, 5) is 29.0. The Labute approximate surface area is 152 Å². The van der Waals surface area contributed by atoms with Crippen molar-refractivity contribution >= 4 is 44.2 Å². The first-order valence-electron chi connectivity index (χ1n) is 7.88. The number of halogens is 1. The highest BCUT2D eigenvalue weighted by atomic mass is 32.1. The molecule has 132 valence electrons. The largest absolute Gasteiger partial charge is 0.497 e. The average Bonchev–Trinajstić information content (AvgIpc) is 3.01. The molecular formula is C18H14FN3O3S. The Bertz CT molecular complexity index is 1030. The van der Waals surface area contributed by atoms with E-state index in [9.17, 15) is 14.0 Å². The van der Waals surface area contributed by atoms with Crippen LogP contribution >= 0.6 is 11.3 Å². The molecule has 2 heterocycles. The molecule has 6 nitrogen and oxygen atoms in total. The van der Waals surface area contributed by atoms with Crippen LogP contribution in [-0.4, -0.2) is 23.9 Å². The number of hydrogen-bond donors (Lipinski definition) is 2. The number of carbonyl (C=O) groups is 2. The lowest BCUT2D eigenvalue weighted by Gasteiger charge is -2.24. The summed E-state index contributed by atoms with van der Waals surface area (Å²) < 4.78 is 19.5. The van der Waals surface area contributed by atoms with Crippen LogP contribution in [0.15, 0.2) is 36.4 Å². The van der Waals surface area contributed by atoms with Gasteiger partial charge in [0.25, 0.3) is 0 Å². The van der Waals surface area contributed by atoms with Gasteiger partial charge in [-0.2, -0.15) is 0 Å². The highest BCUT2D eigenvalue weighted by Gasteiger charge is 2.31. The van der Waals surface area contributed by atoms with Crippen LogP contribution in [0.3, 0.4) is 0 Å². The van der Waals surface area contributed by atoms with E-state index in [-0.39, 0.29) is 18.2 Å². The van der Waals surface area contributed by atoms with Crippen molar-refractivity contribution in [3.05, 3.63) is 47.8 Å². The maximum Gasteiger partial charge on any atom is 0.234 e. The third kappa shape index (κ3) is 2.99. The van der Waals surface area contributed by atoms with Gasteiger partial charge in [0.1, 0.15) is 11.6 Å². The predicted octanol–water partition coefficient (Wildman–Crippen LogP) is 3.51. The van der Waals surface area contributed by atoms with Crippen molar-refractivity contribution in [3.63, 3.8) is 0 Å². The number of methoxy groups -OCH3 is 1. The normalized spacial score (nSPS) is 16.1. The maximum atomic E-state index is 13.4. The summed E-state index contributed by atoms with van der Waals surface area (Å²) >= 11 is 1.32. The zero-order valence-electron chi connectivity index (χ0n) is 13.7. The van der Waals surface area contributed by atoms with Gasteiger partial charge >= 0.3 is 0 Å². The number of hydrogen-bond acceptors (Lipinski definition) is 5. The van der Waals surface area contributed by atoms with E-state index in [1.165, 1.54) is 29.5 Å².